The summed E-state index contributed by atoms with van der Waals surface area (Å²) in [7, 11) is 0. The SMILES string of the molecule is CC(C)NC(=O)C(=O)N1CCN(C(=O)C2CC2C(=O)N2CCN(C(=O)C(=O)NC(C)C)CC2)CC1. The van der Waals surface area contributed by atoms with Crippen molar-refractivity contribution in [2.75, 3.05) is 52.4 Å². The van der Waals surface area contributed by atoms with Crippen molar-refractivity contribution in [3.8, 4) is 0 Å². The van der Waals surface area contributed by atoms with E-state index in [-0.39, 0.29) is 61.9 Å². The Morgan fingerprint density at radius 3 is 1.11 bits per heavy atom. The fourth-order valence-corrected chi connectivity index (χ4v) is 4.40. The van der Waals surface area contributed by atoms with Gasteiger partial charge < -0.3 is 30.2 Å². The van der Waals surface area contributed by atoms with Gasteiger partial charge >= 0.3 is 23.6 Å². The molecule has 35 heavy (non-hydrogen) atoms. The summed E-state index contributed by atoms with van der Waals surface area (Å²) in [5.41, 5.74) is 0. The van der Waals surface area contributed by atoms with Gasteiger partial charge in [-0.05, 0) is 34.1 Å². The Hall–Kier alpha value is -3.18. The molecule has 3 aliphatic rings. The first-order valence-corrected chi connectivity index (χ1v) is 12.3. The van der Waals surface area contributed by atoms with Crippen LogP contribution in [0.3, 0.4) is 0 Å². The molecule has 3 rings (SSSR count). The lowest BCUT2D eigenvalue weighted by molar-refractivity contribution is -0.149. The number of piperazine rings is 2. The zero-order valence-electron chi connectivity index (χ0n) is 20.9. The van der Waals surface area contributed by atoms with Crippen LogP contribution in [-0.2, 0) is 28.8 Å². The van der Waals surface area contributed by atoms with Crippen LogP contribution < -0.4 is 10.6 Å². The van der Waals surface area contributed by atoms with Crippen molar-refractivity contribution in [2.45, 2.75) is 46.2 Å². The summed E-state index contributed by atoms with van der Waals surface area (Å²) in [6.07, 6.45) is 0.490. The maximum absolute atomic E-state index is 12.9. The number of nitrogens with zero attached hydrogens (tertiary/aromatic N) is 4. The quantitative estimate of drug-likeness (QED) is 0.436. The number of hydrogen-bond donors (Lipinski definition) is 2. The minimum atomic E-state index is -0.644. The number of rotatable bonds is 4. The maximum atomic E-state index is 12.9. The van der Waals surface area contributed by atoms with Crippen molar-refractivity contribution >= 4 is 35.4 Å². The summed E-state index contributed by atoms with van der Waals surface area (Å²) >= 11 is 0. The average molecular weight is 493 g/mol. The van der Waals surface area contributed by atoms with Gasteiger partial charge in [0, 0.05) is 64.4 Å². The lowest BCUT2D eigenvalue weighted by atomic mass is 10.2. The van der Waals surface area contributed by atoms with Gasteiger partial charge in [-0.25, -0.2) is 0 Å². The molecule has 0 aromatic rings. The van der Waals surface area contributed by atoms with Crippen LogP contribution in [0.15, 0.2) is 0 Å². The van der Waals surface area contributed by atoms with Gasteiger partial charge in [0.1, 0.15) is 0 Å². The van der Waals surface area contributed by atoms with E-state index >= 15 is 0 Å². The smallest absolute Gasteiger partial charge is 0.312 e. The molecular weight excluding hydrogens is 456 g/mol. The first-order valence-electron chi connectivity index (χ1n) is 12.3. The predicted molar refractivity (Wildman–Crippen MR) is 124 cm³/mol. The molecule has 12 heteroatoms. The molecule has 12 nitrogen and oxygen atoms in total. The van der Waals surface area contributed by atoms with E-state index in [1.165, 1.54) is 9.80 Å². The zero-order valence-corrected chi connectivity index (χ0v) is 20.9. The van der Waals surface area contributed by atoms with Crippen LogP contribution in [0.4, 0.5) is 0 Å². The second-order valence-electron chi connectivity index (χ2n) is 9.94. The summed E-state index contributed by atoms with van der Waals surface area (Å²) in [6, 6.07) is -0.266. The van der Waals surface area contributed by atoms with Crippen LogP contribution in [0.1, 0.15) is 34.1 Å². The molecule has 1 aliphatic carbocycles. The number of carbonyl (C=O) groups excluding carboxylic acids is 6. The largest absolute Gasteiger partial charge is 0.346 e. The van der Waals surface area contributed by atoms with Crippen LogP contribution in [0.25, 0.3) is 0 Å². The minimum absolute atomic E-state index is 0.0961. The van der Waals surface area contributed by atoms with Gasteiger partial charge in [0.15, 0.2) is 0 Å². The highest BCUT2D eigenvalue weighted by molar-refractivity contribution is 6.35. The normalized spacial score (nSPS) is 22.2. The molecule has 1 saturated carbocycles. The van der Waals surface area contributed by atoms with Crippen molar-refractivity contribution in [1.29, 1.82) is 0 Å². The third kappa shape index (κ3) is 6.49. The lowest BCUT2D eigenvalue weighted by Gasteiger charge is -2.35. The minimum Gasteiger partial charge on any atom is -0.346 e. The highest BCUT2D eigenvalue weighted by Crippen LogP contribution is 2.41. The fourth-order valence-electron chi connectivity index (χ4n) is 4.40. The van der Waals surface area contributed by atoms with Gasteiger partial charge in [0.2, 0.25) is 11.8 Å². The molecule has 2 aliphatic heterocycles. The Balaban J connectivity index is 1.42. The molecule has 194 valence electrons. The highest BCUT2D eigenvalue weighted by atomic mass is 16.2. The van der Waals surface area contributed by atoms with Gasteiger partial charge in [-0.15, -0.1) is 0 Å². The molecule has 2 unspecified atom stereocenters. The van der Waals surface area contributed by atoms with Crippen molar-refractivity contribution < 1.29 is 28.8 Å². The van der Waals surface area contributed by atoms with Gasteiger partial charge in [-0.1, -0.05) is 0 Å². The van der Waals surface area contributed by atoms with Crippen molar-refractivity contribution in [3.05, 3.63) is 0 Å². The molecule has 0 aromatic heterocycles. The average Bonchev–Trinajstić information content (AvgIpc) is 3.62. The Bertz CT molecular complexity index is 804. The molecule has 2 N–H and O–H groups in total. The molecule has 0 bridgehead atoms. The molecular formula is C23H36N6O6. The summed E-state index contributed by atoms with van der Waals surface area (Å²) in [5, 5.41) is 5.16. The molecule has 3 fully saturated rings. The molecule has 6 amide bonds. The van der Waals surface area contributed by atoms with E-state index in [2.05, 4.69) is 10.6 Å². The highest BCUT2D eigenvalue weighted by Gasteiger charge is 2.51. The summed E-state index contributed by atoms with van der Waals surface area (Å²) < 4.78 is 0. The third-order valence-electron chi connectivity index (χ3n) is 6.41. The van der Waals surface area contributed by atoms with Gasteiger partial charge in [0.25, 0.3) is 0 Å². The topological polar surface area (TPSA) is 139 Å². The van der Waals surface area contributed by atoms with Crippen LogP contribution in [0, 0.1) is 11.8 Å². The van der Waals surface area contributed by atoms with E-state index in [1.807, 2.05) is 0 Å². The Kier molecular flexibility index (Phi) is 8.34. The van der Waals surface area contributed by atoms with Gasteiger partial charge in [0.05, 0.1) is 11.8 Å². The van der Waals surface area contributed by atoms with E-state index in [4.69, 9.17) is 0 Å². The maximum Gasteiger partial charge on any atom is 0.312 e. The van der Waals surface area contributed by atoms with Crippen LogP contribution in [0.2, 0.25) is 0 Å². The van der Waals surface area contributed by atoms with Crippen LogP contribution in [-0.4, -0.2) is 119 Å². The third-order valence-corrected chi connectivity index (χ3v) is 6.41. The Morgan fingerprint density at radius 2 is 0.829 bits per heavy atom. The Labute approximate surface area is 205 Å². The van der Waals surface area contributed by atoms with Crippen LogP contribution >= 0.6 is 0 Å². The van der Waals surface area contributed by atoms with E-state index in [1.54, 1.807) is 37.5 Å². The molecule has 0 radical (unpaired) electrons. The second kappa shape index (κ2) is 11.0. The van der Waals surface area contributed by atoms with Gasteiger partial charge in [-0.2, -0.15) is 0 Å². The summed E-state index contributed by atoms with van der Waals surface area (Å²) in [6.45, 7) is 9.55. The van der Waals surface area contributed by atoms with Crippen molar-refractivity contribution in [1.82, 2.24) is 30.2 Å². The number of carbonyl (C=O) groups is 6. The second-order valence-corrected chi connectivity index (χ2v) is 9.94. The van der Waals surface area contributed by atoms with Gasteiger partial charge in [-0.3, -0.25) is 28.8 Å². The number of amides is 6. The van der Waals surface area contributed by atoms with E-state index in [0.29, 0.717) is 32.6 Å². The standard InChI is InChI=1S/C23H36N6O6/c1-14(2)24-18(30)22(34)28-9-5-26(6-10-28)20(32)16-13-17(16)21(33)27-7-11-29(12-8-27)23(35)19(31)25-15(3)4/h14-17H,5-13H2,1-4H3,(H,24,30)(H,25,31). The summed E-state index contributed by atoms with van der Waals surface area (Å²) in [4.78, 5) is 80.3. The molecule has 2 atom stereocenters. The number of nitrogens with one attached hydrogen (secondary N) is 2. The summed E-state index contributed by atoms with van der Waals surface area (Å²) in [5.74, 6) is -3.41. The fraction of sp³-hybridized carbons (Fsp3) is 0.739. The molecule has 0 spiro atoms. The predicted octanol–water partition coefficient (Wildman–Crippen LogP) is -1.99. The van der Waals surface area contributed by atoms with Crippen molar-refractivity contribution in [3.63, 3.8) is 0 Å². The van der Waals surface area contributed by atoms with Crippen molar-refractivity contribution in [2.24, 2.45) is 11.8 Å². The Morgan fingerprint density at radius 1 is 0.543 bits per heavy atom. The first kappa shape index (κ1) is 26.4. The number of hydrogen-bond acceptors (Lipinski definition) is 6. The first-order chi connectivity index (χ1) is 16.5. The van der Waals surface area contributed by atoms with Crippen LogP contribution in [0.5, 0.6) is 0 Å². The molecule has 0 aromatic carbocycles. The lowest BCUT2D eigenvalue weighted by Crippen LogP contribution is -2.55. The molecule has 2 heterocycles. The van der Waals surface area contributed by atoms with E-state index in [0.717, 1.165) is 0 Å². The van der Waals surface area contributed by atoms with E-state index < -0.39 is 23.6 Å². The van der Waals surface area contributed by atoms with E-state index in [9.17, 15) is 28.8 Å². The zero-order chi connectivity index (χ0) is 25.9. The monoisotopic (exact) mass is 492 g/mol. The molecule has 2 saturated heterocycles.